The number of thioether (sulfide) groups is 2. The first-order valence-corrected chi connectivity index (χ1v) is 13.5. The minimum atomic E-state index is 0. The van der Waals surface area contributed by atoms with E-state index in [0.717, 1.165) is 64.4 Å². The van der Waals surface area contributed by atoms with E-state index in [0.29, 0.717) is 0 Å². The molecule has 3 aliphatic heterocycles. The number of likely N-dealkylation sites (tertiary alicyclic amines) is 1. The van der Waals surface area contributed by atoms with Crippen molar-refractivity contribution in [1.82, 2.24) is 15.1 Å². The van der Waals surface area contributed by atoms with Crippen molar-refractivity contribution in [3.63, 3.8) is 0 Å². The van der Waals surface area contributed by atoms with Gasteiger partial charge in [0, 0.05) is 49.1 Å². The zero-order chi connectivity index (χ0) is 20.7. The van der Waals surface area contributed by atoms with Crippen molar-refractivity contribution in [2.45, 2.75) is 30.2 Å². The van der Waals surface area contributed by atoms with Crippen LogP contribution in [0, 0.1) is 5.92 Å². The van der Waals surface area contributed by atoms with Gasteiger partial charge in [-0.1, -0.05) is 18.2 Å². The quantitative estimate of drug-likeness (QED) is 0.230. The number of ether oxygens (including phenoxy) is 1. The second kappa shape index (κ2) is 12.9. The minimum Gasteiger partial charge on any atom is -0.379 e. The van der Waals surface area contributed by atoms with Crippen molar-refractivity contribution in [2.75, 3.05) is 69.7 Å². The van der Waals surface area contributed by atoms with Crippen LogP contribution in [0.3, 0.4) is 0 Å². The smallest absolute Gasteiger partial charge is 0.193 e. The molecule has 2 unspecified atom stereocenters. The molecule has 1 aromatic carbocycles. The Morgan fingerprint density at radius 3 is 2.77 bits per heavy atom. The number of aliphatic imine (C=N–C) groups is 1. The number of guanidine groups is 1. The fraction of sp³-hybridized carbons (Fsp3) is 0.696. The molecule has 1 N–H and O–H groups in total. The molecular weight excluding hydrogens is 539 g/mol. The van der Waals surface area contributed by atoms with Crippen LogP contribution in [0.25, 0.3) is 0 Å². The molecule has 3 aliphatic rings. The Balaban J connectivity index is 0.00000272. The van der Waals surface area contributed by atoms with E-state index in [9.17, 15) is 0 Å². The van der Waals surface area contributed by atoms with Crippen LogP contribution in [0.2, 0.25) is 0 Å². The largest absolute Gasteiger partial charge is 0.379 e. The van der Waals surface area contributed by atoms with Gasteiger partial charge in [-0.3, -0.25) is 9.89 Å². The van der Waals surface area contributed by atoms with Gasteiger partial charge in [0.1, 0.15) is 0 Å². The second-order valence-electron chi connectivity index (χ2n) is 8.52. The predicted octanol–water partition coefficient (Wildman–Crippen LogP) is 3.89. The molecule has 5 nitrogen and oxygen atoms in total. The lowest BCUT2D eigenvalue weighted by Gasteiger charge is -2.42. The van der Waals surface area contributed by atoms with Crippen molar-refractivity contribution in [1.29, 1.82) is 0 Å². The van der Waals surface area contributed by atoms with Crippen LogP contribution in [-0.2, 0) is 4.74 Å². The normalized spacial score (nSPS) is 27.3. The average molecular weight is 577 g/mol. The van der Waals surface area contributed by atoms with E-state index >= 15 is 0 Å². The highest BCUT2D eigenvalue weighted by atomic mass is 127. The van der Waals surface area contributed by atoms with Gasteiger partial charge in [0.2, 0.25) is 0 Å². The van der Waals surface area contributed by atoms with Gasteiger partial charge in [-0.15, -0.1) is 35.7 Å². The van der Waals surface area contributed by atoms with Gasteiger partial charge >= 0.3 is 0 Å². The van der Waals surface area contributed by atoms with Crippen LogP contribution < -0.4 is 5.32 Å². The summed E-state index contributed by atoms with van der Waals surface area (Å²) in [6.45, 7) is 10.1. The number of nitrogens with one attached hydrogen (secondary N) is 1. The monoisotopic (exact) mass is 576 g/mol. The third kappa shape index (κ3) is 6.91. The molecule has 0 amide bonds. The molecule has 0 aromatic heterocycles. The molecule has 0 spiro atoms. The fourth-order valence-electron chi connectivity index (χ4n) is 4.65. The lowest BCUT2D eigenvalue weighted by molar-refractivity contribution is -0.0105. The molecule has 8 heteroatoms. The molecule has 0 saturated carbocycles. The Labute approximate surface area is 213 Å². The number of nitrogens with zero attached hydrogens (tertiary/aromatic N) is 3. The van der Waals surface area contributed by atoms with E-state index in [1.54, 1.807) is 0 Å². The van der Waals surface area contributed by atoms with E-state index in [1.807, 2.05) is 11.8 Å². The van der Waals surface area contributed by atoms with Crippen LogP contribution >= 0.6 is 47.5 Å². The van der Waals surface area contributed by atoms with Gasteiger partial charge in [-0.25, -0.2) is 0 Å². The van der Waals surface area contributed by atoms with Crippen LogP contribution in [0.15, 0.2) is 40.2 Å². The van der Waals surface area contributed by atoms with Gasteiger partial charge in [-0.2, -0.15) is 11.8 Å². The summed E-state index contributed by atoms with van der Waals surface area (Å²) in [5.74, 6) is 5.50. The van der Waals surface area contributed by atoms with Crippen molar-refractivity contribution >= 4 is 53.5 Å². The maximum absolute atomic E-state index is 5.61. The highest BCUT2D eigenvalue weighted by Gasteiger charge is 2.41. The summed E-state index contributed by atoms with van der Waals surface area (Å²) < 4.78 is 5.61. The topological polar surface area (TPSA) is 40.1 Å². The second-order valence-corrected chi connectivity index (χ2v) is 10.7. The Morgan fingerprint density at radius 2 is 2.06 bits per heavy atom. The first-order chi connectivity index (χ1) is 14.8. The summed E-state index contributed by atoms with van der Waals surface area (Å²) in [5.41, 5.74) is 0.220. The van der Waals surface area contributed by atoms with Gasteiger partial charge in [0.05, 0.1) is 25.3 Å². The summed E-state index contributed by atoms with van der Waals surface area (Å²) in [7, 11) is 0. The average Bonchev–Trinajstić information content (AvgIpc) is 3.47. The predicted molar refractivity (Wildman–Crippen MR) is 145 cm³/mol. The van der Waals surface area contributed by atoms with Crippen LogP contribution in [-0.4, -0.2) is 91.0 Å². The van der Waals surface area contributed by atoms with Crippen molar-refractivity contribution in [2.24, 2.45) is 10.9 Å². The van der Waals surface area contributed by atoms with Crippen molar-refractivity contribution in [3.05, 3.63) is 30.3 Å². The summed E-state index contributed by atoms with van der Waals surface area (Å²) in [5, 5.41) is 3.58. The summed E-state index contributed by atoms with van der Waals surface area (Å²) in [6, 6.07) is 10.8. The number of morpholine rings is 1. The summed E-state index contributed by atoms with van der Waals surface area (Å²) in [6.07, 6.45) is 2.51. The lowest BCUT2D eigenvalue weighted by Crippen LogP contribution is -2.56. The molecule has 3 fully saturated rings. The van der Waals surface area contributed by atoms with E-state index in [-0.39, 0.29) is 29.5 Å². The fourth-order valence-corrected chi connectivity index (χ4v) is 7.16. The number of hydrogen-bond acceptors (Lipinski definition) is 5. The van der Waals surface area contributed by atoms with Crippen LogP contribution in [0.1, 0.15) is 19.8 Å². The Bertz CT molecular complexity index is 681. The molecule has 3 saturated heterocycles. The van der Waals surface area contributed by atoms with E-state index in [2.05, 4.69) is 64.1 Å². The van der Waals surface area contributed by atoms with Crippen molar-refractivity contribution < 1.29 is 4.74 Å². The minimum absolute atomic E-state index is 0. The molecule has 3 heterocycles. The highest BCUT2D eigenvalue weighted by Crippen LogP contribution is 2.34. The first kappa shape index (κ1) is 25.5. The number of rotatable bonds is 7. The molecule has 2 atom stereocenters. The van der Waals surface area contributed by atoms with Gasteiger partial charge in [-0.05, 0) is 43.6 Å². The highest BCUT2D eigenvalue weighted by molar-refractivity contribution is 14.0. The first-order valence-electron chi connectivity index (χ1n) is 11.4. The van der Waals surface area contributed by atoms with Crippen LogP contribution in [0.4, 0.5) is 0 Å². The van der Waals surface area contributed by atoms with Crippen molar-refractivity contribution in [3.8, 4) is 0 Å². The third-order valence-corrected chi connectivity index (χ3v) is 8.91. The maximum atomic E-state index is 5.61. The lowest BCUT2D eigenvalue weighted by atomic mass is 9.96. The SMILES string of the molecule is CCNC(=NCC1(N2CCOCC2)CCSC1)N1CCC(CSc2ccccc2)C1.I. The van der Waals surface area contributed by atoms with Gasteiger partial charge < -0.3 is 15.0 Å². The Hall–Kier alpha value is -0.160. The van der Waals surface area contributed by atoms with E-state index < -0.39 is 0 Å². The molecule has 31 heavy (non-hydrogen) atoms. The zero-order valence-electron chi connectivity index (χ0n) is 18.6. The molecule has 0 aliphatic carbocycles. The van der Waals surface area contributed by atoms with E-state index in [1.165, 1.54) is 35.0 Å². The third-order valence-electron chi connectivity index (χ3n) is 6.44. The number of halogens is 1. The molecule has 0 radical (unpaired) electrons. The Morgan fingerprint density at radius 1 is 1.26 bits per heavy atom. The van der Waals surface area contributed by atoms with Gasteiger partial charge in [0.25, 0.3) is 0 Å². The molecule has 4 rings (SSSR count). The van der Waals surface area contributed by atoms with Gasteiger partial charge in [0.15, 0.2) is 5.96 Å². The standard InChI is InChI=1S/C23H36N4OS2.HI/c1-2-24-22(25-18-23(9-15-29-19-23)27-11-13-28-14-12-27)26-10-8-20(16-26)17-30-21-6-4-3-5-7-21;/h3-7,20H,2,8-19H2,1H3,(H,24,25);1H. The van der Waals surface area contributed by atoms with E-state index in [4.69, 9.17) is 9.73 Å². The molecule has 174 valence electrons. The summed E-state index contributed by atoms with van der Waals surface area (Å²) >= 11 is 4.08. The summed E-state index contributed by atoms with van der Waals surface area (Å²) in [4.78, 5) is 11.7. The molecule has 0 bridgehead atoms. The number of hydrogen-bond donors (Lipinski definition) is 1. The number of benzene rings is 1. The zero-order valence-corrected chi connectivity index (χ0v) is 22.6. The maximum Gasteiger partial charge on any atom is 0.193 e. The molecule has 1 aromatic rings. The van der Waals surface area contributed by atoms with Crippen LogP contribution in [0.5, 0.6) is 0 Å². The molecular formula is C23H37IN4OS2. The Kier molecular flexibility index (Phi) is 10.6.